The van der Waals surface area contributed by atoms with Gasteiger partial charge < -0.3 is 0 Å². The van der Waals surface area contributed by atoms with Gasteiger partial charge in [-0.2, -0.15) is 0 Å². The van der Waals surface area contributed by atoms with Crippen molar-refractivity contribution in [3.8, 4) is 0 Å². The van der Waals surface area contributed by atoms with Gasteiger partial charge in [-0.25, -0.2) is 0 Å². The third kappa shape index (κ3) is 0.648. The Morgan fingerprint density at radius 2 is 1.38 bits per heavy atom. The van der Waals surface area contributed by atoms with E-state index in [-0.39, 0.29) is 11.6 Å². The van der Waals surface area contributed by atoms with Gasteiger partial charge in [-0.15, -0.1) is 0 Å². The van der Waals surface area contributed by atoms with E-state index in [1.54, 1.807) is 12.1 Å². The maximum absolute atomic E-state index is 11.8. The summed E-state index contributed by atoms with van der Waals surface area (Å²) in [7, 11) is 0. The molecule has 0 amide bonds. The van der Waals surface area contributed by atoms with Gasteiger partial charge in [0.1, 0.15) is 0 Å². The lowest BCUT2D eigenvalue weighted by atomic mass is 10.0. The molecule has 2 nitrogen and oxygen atoms in total. The third-order valence-electron chi connectivity index (χ3n) is 3.04. The molecule has 0 bridgehead atoms. The minimum absolute atomic E-state index is 0.0492. The molecule has 2 heteroatoms. The van der Waals surface area contributed by atoms with Crippen LogP contribution in [0.5, 0.6) is 0 Å². The summed E-state index contributed by atoms with van der Waals surface area (Å²) < 4.78 is 0. The fraction of sp³-hybridized carbons (Fsp3) is 0.273. The molecular formula is C11H8O2. The molecule has 0 heterocycles. The van der Waals surface area contributed by atoms with Crippen LogP contribution in [0.2, 0.25) is 0 Å². The van der Waals surface area contributed by atoms with Gasteiger partial charge >= 0.3 is 0 Å². The Balaban J connectivity index is 2.30. The maximum atomic E-state index is 11.8. The van der Waals surface area contributed by atoms with Gasteiger partial charge in [0.15, 0.2) is 11.6 Å². The number of ketones is 2. The van der Waals surface area contributed by atoms with Gasteiger partial charge in [0, 0.05) is 11.1 Å². The second kappa shape index (κ2) is 1.90. The minimum atomic E-state index is -0.607. The Morgan fingerprint density at radius 1 is 0.923 bits per heavy atom. The van der Waals surface area contributed by atoms with Gasteiger partial charge in [0.25, 0.3) is 0 Å². The Morgan fingerprint density at radius 3 is 1.77 bits per heavy atom. The number of carbonyl (C=O) groups excluding carboxylic acids is 2. The zero-order valence-corrected chi connectivity index (χ0v) is 7.04. The Hall–Kier alpha value is -1.44. The van der Waals surface area contributed by atoms with E-state index >= 15 is 0 Å². The topological polar surface area (TPSA) is 34.1 Å². The fourth-order valence-electron chi connectivity index (χ4n) is 2.08. The molecule has 0 saturated heterocycles. The number of benzene rings is 1. The zero-order valence-electron chi connectivity index (χ0n) is 7.04. The molecule has 0 atom stereocenters. The second-order valence-corrected chi connectivity index (χ2v) is 3.79. The van der Waals surface area contributed by atoms with Crippen LogP contribution in [0.3, 0.4) is 0 Å². The number of Topliss-reactive ketones (excluding diaryl/α,β-unsaturated/α-hetero) is 2. The van der Waals surface area contributed by atoms with Crippen molar-refractivity contribution in [1.29, 1.82) is 0 Å². The molecule has 1 spiro atoms. The first kappa shape index (κ1) is 7.01. The Kier molecular flexibility index (Phi) is 1.02. The number of carbonyl (C=O) groups is 2. The smallest absolute Gasteiger partial charge is 0.177 e. The van der Waals surface area contributed by atoms with Crippen LogP contribution in [0.15, 0.2) is 24.3 Å². The Bertz CT molecular complexity index is 390. The molecule has 3 rings (SSSR count). The molecule has 0 unspecified atom stereocenters. The summed E-state index contributed by atoms with van der Waals surface area (Å²) in [4.78, 5) is 23.5. The highest BCUT2D eigenvalue weighted by Gasteiger charge is 2.60. The van der Waals surface area contributed by atoms with Crippen LogP contribution in [0.1, 0.15) is 33.6 Å². The van der Waals surface area contributed by atoms with Crippen LogP contribution in [0.4, 0.5) is 0 Å². The summed E-state index contributed by atoms with van der Waals surface area (Å²) in [6, 6.07) is 7.13. The van der Waals surface area contributed by atoms with Crippen LogP contribution >= 0.6 is 0 Å². The monoisotopic (exact) mass is 172 g/mol. The molecule has 0 aliphatic heterocycles. The van der Waals surface area contributed by atoms with Crippen molar-refractivity contribution in [1.82, 2.24) is 0 Å². The van der Waals surface area contributed by atoms with Gasteiger partial charge in [-0.3, -0.25) is 9.59 Å². The SMILES string of the molecule is O=C1c2ccccc2C(=O)C12CC2. The molecule has 13 heavy (non-hydrogen) atoms. The summed E-state index contributed by atoms with van der Waals surface area (Å²) in [5.41, 5.74) is 0.652. The highest BCUT2D eigenvalue weighted by molar-refractivity contribution is 6.31. The number of rotatable bonds is 0. The lowest BCUT2D eigenvalue weighted by molar-refractivity contribution is 0.0815. The van der Waals surface area contributed by atoms with Crippen LogP contribution in [-0.2, 0) is 0 Å². The average molecular weight is 172 g/mol. The molecule has 1 saturated carbocycles. The summed E-state index contributed by atoms with van der Waals surface area (Å²) >= 11 is 0. The molecule has 1 fully saturated rings. The van der Waals surface area contributed by atoms with Crippen LogP contribution in [0, 0.1) is 5.41 Å². The number of fused-ring (bicyclic) bond motifs is 1. The van der Waals surface area contributed by atoms with Gasteiger partial charge in [-0.1, -0.05) is 24.3 Å². The fourth-order valence-corrected chi connectivity index (χ4v) is 2.08. The highest BCUT2D eigenvalue weighted by Crippen LogP contribution is 2.54. The number of hydrogen-bond acceptors (Lipinski definition) is 2. The molecular weight excluding hydrogens is 164 g/mol. The Labute approximate surface area is 75.6 Å². The predicted molar refractivity (Wildman–Crippen MR) is 46.8 cm³/mol. The van der Waals surface area contributed by atoms with Crippen LogP contribution < -0.4 is 0 Å². The molecule has 2 aliphatic rings. The van der Waals surface area contributed by atoms with Crippen molar-refractivity contribution < 1.29 is 9.59 Å². The van der Waals surface area contributed by atoms with Crippen molar-refractivity contribution >= 4 is 11.6 Å². The van der Waals surface area contributed by atoms with E-state index in [9.17, 15) is 9.59 Å². The first-order valence-electron chi connectivity index (χ1n) is 4.44. The molecule has 0 N–H and O–H groups in total. The van der Waals surface area contributed by atoms with E-state index in [0.717, 1.165) is 12.8 Å². The van der Waals surface area contributed by atoms with Crippen molar-refractivity contribution in [3.05, 3.63) is 35.4 Å². The lowest BCUT2D eigenvalue weighted by Gasteiger charge is -1.97. The first-order valence-corrected chi connectivity index (χ1v) is 4.44. The summed E-state index contributed by atoms with van der Waals surface area (Å²) in [5, 5.41) is 0. The normalized spacial score (nSPS) is 22.2. The molecule has 0 radical (unpaired) electrons. The number of hydrogen-bond donors (Lipinski definition) is 0. The van der Waals surface area contributed by atoms with Crippen molar-refractivity contribution in [2.75, 3.05) is 0 Å². The molecule has 64 valence electrons. The first-order chi connectivity index (χ1) is 6.26. The van der Waals surface area contributed by atoms with E-state index in [0.29, 0.717) is 11.1 Å². The summed E-state index contributed by atoms with van der Waals surface area (Å²) in [5.74, 6) is 0.0983. The molecule has 1 aromatic carbocycles. The van der Waals surface area contributed by atoms with Crippen LogP contribution in [-0.4, -0.2) is 11.6 Å². The van der Waals surface area contributed by atoms with E-state index < -0.39 is 5.41 Å². The zero-order chi connectivity index (χ0) is 9.05. The van der Waals surface area contributed by atoms with Gasteiger partial charge in [0.2, 0.25) is 0 Å². The summed E-state index contributed by atoms with van der Waals surface area (Å²) in [6.07, 6.45) is 1.50. The average Bonchev–Trinajstić information content (AvgIpc) is 2.93. The largest absolute Gasteiger partial charge is 0.293 e. The van der Waals surface area contributed by atoms with E-state index in [1.165, 1.54) is 0 Å². The standard InChI is InChI=1S/C11H8O2/c12-9-7-3-1-2-4-8(7)10(13)11(9)5-6-11/h1-4H,5-6H2. The van der Waals surface area contributed by atoms with Crippen LogP contribution in [0.25, 0.3) is 0 Å². The third-order valence-corrected chi connectivity index (χ3v) is 3.04. The quantitative estimate of drug-likeness (QED) is 0.559. The molecule has 1 aromatic rings. The van der Waals surface area contributed by atoms with E-state index in [2.05, 4.69) is 0 Å². The van der Waals surface area contributed by atoms with Crippen molar-refractivity contribution in [2.45, 2.75) is 12.8 Å². The summed E-state index contributed by atoms with van der Waals surface area (Å²) in [6.45, 7) is 0. The maximum Gasteiger partial charge on any atom is 0.177 e. The molecule has 0 aromatic heterocycles. The highest BCUT2D eigenvalue weighted by atomic mass is 16.2. The predicted octanol–water partition coefficient (Wildman–Crippen LogP) is 1.85. The van der Waals surface area contributed by atoms with E-state index in [4.69, 9.17) is 0 Å². The van der Waals surface area contributed by atoms with Crippen molar-refractivity contribution in [2.24, 2.45) is 5.41 Å². The minimum Gasteiger partial charge on any atom is -0.293 e. The van der Waals surface area contributed by atoms with Gasteiger partial charge in [0.05, 0.1) is 5.41 Å². The lowest BCUT2D eigenvalue weighted by Crippen LogP contribution is -2.15. The van der Waals surface area contributed by atoms with Gasteiger partial charge in [-0.05, 0) is 12.8 Å². The van der Waals surface area contributed by atoms with E-state index in [1.807, 2.05) is 12.1 Å². The molecule has 2 aliphatic carbocycles. The second-order valence-electron chi connectivity index (χ2n) is 3.79. The van der Waals surface area contributed by atoms with Crippen molar-refractivity contribution in [3.63, 3.8) is 0 Å².